The number of carbonyl (C=O) groups excluding carboxylic acids is 5. The molecule has 1 aliphatic rings. The quantitative estimate of drug-likeness (QED) is 0.0259. The van der Waals surface area contributed by atoms with E-state index in [-0.39, 0.29) is 166 Å². The fraction of sp³-hybridized carbons (Fsp3) is 0.431. The van der Waals surface area contributed by atoms with E-state index in [0.29, 0.717) is 44.5 Å². The van der Waals surface area contributed by atoms with Crippen molar-refractivity contribution in [2.75, 3.05) is 98.4 Å². The van der Waals surface area contributed by atoms with Crippen molar-refractivity contribution in [1.29, 1.82) is 0 Å². The highest BCUT2D eigenvalue weighted by Crippen LogP contribution is 2.29. The molecule has 1 unspecified atom stereocenters. The number of ketones is 3. The van der Waals surface area contributed by atoms with Gasteiger partial charge in [-0.15, -0.1) is 0 Å². The summed E-state index contributed by atoms with van der Waals surface area (Å²) >= 11 is 12.7. The Hall–Kier alpha value is -7.51. The number of nitrogens with one attached hydrogen (secondary N) is 2. The van der Waals surface area contributed by atoms with Crippen LogP contribution in [-0.4, -0.2) is 214 Å². The van der Waals surface area contributed by atoms with E-state index in [1.54, 1.807) is 39.0 Å². The Kier molecular flexibility index (Phi) is 26.8. The number of carboxylic acid groups (broad SMARTS) is 4. The Morgan fingerprint density at radius 2 is 1.24 bits per heavy atom. The van der Waals surface area contributed by atoms with E-state index in [1.165, 1.54) is 49.4 Å². The molecular formula is C58H70Cl2N6O17. The summed E-state index contributed by atoms with van der Waals surface area (Å²) in [6, 6.07) is 18.0. The Balaban J connectivity index is 1.05. The number of Topliss-reactive ketones (excluding diaryl/α,β-unsaturated/α-hetero) is 3. The minimum Gasteiger partial charge on any atom is -0.508 e. The number of phenolic OH excluding ortho intramolecular Hbond substituents is 2. The van der Waals surface area contributed by atoms with Gasteiger partial charge >= 0.3 is 23.9 Å². The number of rotatable bonds is 31. The lowest BCUT2D eigenvalue weighted by Gasteiger charge is -2.37. The number of hydrogen-bond donors (Lipinski definition) is 8. The predicted octanol–water partition coefficient (Wildman–Crippen LogP) is 4.19. The Bertz CT molecular complexity index is 2900. The van der Waals surface area contributed by atoms with Gasteiger partial charge in [-0.2, -0.15) is 0 Å². The molecule has 0 bridgehead atoms. The summed E-state index contributed by atoms with van der Waals surface area (Å²) in [6.07, 6.45) is 0.423. The molecule has 1 fully saturated rings. The summed E-state index contributed by atoms with van der Waals surface area (Å²) in [6.45, 7) is 3.13. The summed E-state index contributed by atoms with van der Waals surface area (Å²) in [4.78, 5) is 119. The number of phenols is 2. The molecule has 83 heavy (non-hydrogen) atoms. The second-order valence-electron chi connectivity index (χ2n) is 20.1. The zero-order valence-electron chi connectivity index (χ0n) is 45.9. The van der Waals surface area contributed by atoms with Crippen molar-refractivity contribution in [1.82, 2.24) is 30.2 Å². The highest BCUT2D eigenvalue weighted by molar-refractivity contribution is 6.40. The molecule has 0 aromatic heterocycles. The molecule has 0 aliphatic carbocycles. The monoisotopic (exact) mass is 1190 g/mol. The van der Waals surface area contributed by atoms with E-state index in [1.807, 2.05) is 17.0 Å². The predicted molar refractivity (Wildman–Crippen MR) is 304 cm³/mol. The molecule has 0 radical (unpaired) electrons. The fourth-order valence-electron chi connectivity index (χ4n) is 9.31. The average Bonchev–Trinajstić information content (AvgIpc) is 3.61. The third-order valence-corrected chi connectivity index (χ3v) is 14.0. The van der Waals surface area contributed by atoms with Crippen LogP contribution in [0.15, 0.2) is 78.9 Å². The van der Waals surface area contributed by atoms with E-state index >= 15 is 0 Å². The molecule has 25 heteroatoms. The van der Waals surface area contributed by atoms with Gasteiger partial charge in [0.2, 0.25) is 5.91 Å². The molecule has 0 saturated carbocycles. The number of nitrogens with zero attached hydrogens (tertiary/aromatic N) is 4. The van der Waals surface area contributed by atoms with E-state index in [4.69, 9.17) is 32.7 Å². The molecule has 2 atom stereocenters. The zero-order chi connectivity index (χ0) is 60.6. The molecule has 1 saturated heterocycles. The van der Waals surface area contributed by atoms with Crippen LogP contribution in [0, 0.1) is 0 Å². The van der Waals surface area contributed by atoms with Crippen molar-refractivity contribution >= 4 is 76.2 Å². The van der Waals surface area contributed by atoms with E-state index in [0.717, 1.165) is 11.1 Å². The van der Waals surface area contributed by atoms with Crippen molar-refractivity contribution < 1.29 is 83.3 Å². The number of ether oxygens (including phenoxy) is 2. The first-order chi connectivity index (χ1) is 39.5. The number of aliphatic carboxylic acids is 4. The van der Waals surface area contributed by atoms with Gasteiger partial charge < -0.3 is 50.7 Å². The van der Waals surface area contributed by atoms with Crippen LogP contribution in [0.5, 0.6) is 17.2 Å². The van der Waals surface area contributed by atoms with Crippen LogP contribution in [-0.2, 0) is 52.8 Å². The number of amides is 2. The zero-order valence-corrected chi connectivity index (χ0v) is 47.4. The number of halogens is 2. The number of benzene rings is 4. The van der Waals surface area contributed by atoms with Gasteiger partial charge in [0.05, 0.1) is 61.4 Å². The first-order valence-electron chi connectivity index (χ1n) is 26.8. The molecule has 4 aromatic carbocycles. The molecule has 5 rings (SSSR count). The molecule has 2 amide bonds. The van der Waals surface area contributed by atoms with Crippen LogP contribution in [0.3, 0.4) is 0 Å². The maximum Gasteiger partial charge on any atom is 0.326 e. The Morgan fingerprint density at radius 1 is 0.639 bits per heavy atom. The summed E-state index contributed by atoms with van der Waals surface area (Å²) < 4.78 is 11.4. The SMILES string of the molecule is CC(=O)CN1CCN(CC(=O)O)CCN(CC(=O)O)C(Cc2ccc(CC(=O)NCCOCCCOc3cc(O)cc(C(=O)CC[C@H](NC(=O)c4c(Cl)cc(C(=O)CCc5cccc(O)c5)cc4Cl)C(=O)O)c3)cc2)CN(CC(=O)O)CC1. The minimum atomic E-state index is -1.55. The summed E-state index contributed by atoms with van der Waals surface area (Å²) in [5, 5.41) is 64.0. The van der Waals surface area contributed by atoms with Crippen LogP contribution in [0.2, 0.25) is 10.0 Å². The van der Waals surface area contributed by atoms with Gasteiger partial charge in [0.15, 0.2) is 11.6 Å². The first kappa shape index (κ1) is 66.3. The second kappa shape index (κ2) is 33.6. The third-order valence-electron chi connectivity index (χ3n) is 13.4. The summed E-state index contributed by atoms with van der Waals surface area (Å²) in [5.41, 5.74) is 2.12. The van der Waals surface area contributed by atoms with Gasteiger partial charge in [-0.1, -0.05) is 59.6 Å². The maximum absolute atomic E-state index is 13.2. The van der Waals surface area contributed by atoms with Gasteiger partial charge in [-0.25, -0.2) is 4.79 Å². The Morgan fingerprint density at radius 3 is 1.88 bits per heavy atom. The molecule has 4 aromatic rings. The molecule has 0 spiro atoms. The van der Waals surface area contributed by atoms with E-state index in [9.17, 15) is 73.8 Å². The molecule has 8 N–H and O–H groups in total. The van der Waals surface area contributed by atoms with Gasteiger partial charge in [0.1, 0.15) is 29.1 Å². The minimum absolute atomic E-state index is 0.0281. The average molecular weight is 1190 g/mol. The maximum atomic E-state index is 13.2. The molecule has 1 aliphatic heterocycles. The lowest BCUT2D eigenvalue weighted by molar-refractivity contribution is -0.141. The van der Waals surface area contributed by atoms with Gasteiger partial charge in [0.25, 0.3) is 5.91 Å². The Labute approximate surface area is 489 Å². The van der Waals surface area contributed by atoms with Crippen LogP contribution in [0.1, 0.15) is 80.4 Å². The number of carboxylic acids is 4. The van der Waals surface area contributed by atoms with Crippen molar-refractivity contribution in [2.45, 2.75) is 64.0 Å². The van der Waals surface area contributed by atoms with Crippen molar-refractivity contribution in [3.8, 4) is 17.2 Å². The first-order valence-corrected chi connectivity index (χ1v) is 27.6. The fourth-order valence-corrected chi connectivity index (χ4v) is 9.97. The van der Waals surface area contributed by atoms with E-state index < -0.39 is 47.7 Å². The molecule has 448 valence electrons. The number of carbonyl (C=O) groups is 9. The highest BCUT2D eigenvalue weighted by atomic mass is 35.5. The molecular weight excluding hydrogens is 1120 g/mol. The normalized spacial score (nSPS) is 15.2. The second-order valence-corrected chi connectivity index (χ2v) is 20.9. The largest absolute Gasteiger partial charge is 0.508 e. The molecule has 1 heterocycles. The van der Waals surface area contributed by atoms with Gasteiger partial charge in [-0.05, 0) is 79.3 Å². The van der Waals surface area contributed by atoms with Crippen molar-refractivity contribution in [3.05, 3.63) is 122 Å². The number of aromatic hydroxyl groups is 2. The topological polar surface area (TPSA) is 330 Å². The smallest absolute Gasteiger partial charge is 0.326 e. The van der Waals surface area contributed by atoms with Gasteiger partial charge in [0, 0.05) is 101 Å². The molecule has 23 nitrogen and oxygen atoms in total. The van der Waals surface area contributed by atoms with Gasteiger partial charge in [-0.3, -0.25) is 58.0 Å². The van der Waals surface area contributed by atoms with E-state index in [2.05, 4.69) is 10.6 Å². The standard InChI is InChI=1S/C58H70Cl2N6O17/c1-37(67)32-63-15-16-64(34-53(73)74)19-20-66(36-55(77)78)43(33-65(18-17-63)35-54(75)76)24-39-6-8-40(9-7-39)26-52(72)61-14-23-82-21-3-22-83-46-28-41(27-45(69)31-46)51(71)13-11-49(58(80)81)62-57(79)56-47(59)29-42(30-48(56)60)50(70)12-10-38-4-2-5-44(68)25-38/h2,4-9,25,27-31,43,49,68-69H,3,10-24,26,32-36H2,1H3,(H,61,72)(H,62,79)(H,73,74)(H,75,76)(H,77,78)(H,80,81)/t43?,49-/m0/s1. The van der Waals surface area contributed by atoms with Crippen molar-refractivity contribution in [2.24, 2.45) is 0 Å². The van der Waals surface area contributed by atoms with Crippen LogP contribution in [0.25, 0.3) is 0 Å². The summed E-state index contributed by atoms with van der Waals surface area (Å²) in [5.74, 6) is -6.92. The number of hydrogen-bond acceptors (Lipinski definition) is 17. The van der Waals surface area contributed by atoms with Crippen LogP contribution >= 0.6 is 23.2 Å². The lowest BCUT2D eigenvalue weighted by Crippen LogP contribution is -2.53. The highest BCUT2D eigenvalue weighted by Gasteiger charge is 2.29. The van der Waals surface area contributed by atoms with Crippen molar-refractivity contribution in [3.63, 3.8) is 0 Å². The lowest BCUT2D eigenvalue weighted by atomic mass is 10.0. The number of aryl methyl sites for hydroxylation is 1. The van der Waals surface area contributed by atoms with Crippen LogP contribution < -0.4 is 15.4 Å². The van der Waals surface area contributed by atoms with Crippen LogP contribution in [0.4, 0.5) is 0 Å². The summed E-state index contributed by atoms with van der Waals surface area (Å²) in [7, 11) is 0. The third kappa shape index (κ3) is 23.7.